The van der Waals surface area contributed by atoms with E-state index in [9.17, 15) is 19.7 Å². The molecule has 0 saturated carbocycles. The smallest absolute Gasteiger partial charge is 0.292 e. The molecule has 9 nitrogen and oxygen atoms in total. The van der Waals surface area contributed by atoms with E-state index in [4.69, 9.17) is 9.47 Å². The second-order valence-electron chi connectivity index (χ2n) is 6.81. The molecule has 33 heavy (non-hydrogen) atoms. The van der Waals surface area contributed by atoms with E-state index in [1.165, 1.54) is 18.2 Å². The number of nitro groups is 1. The van der Waals surface area contributed by atoms with Gasteiger partial charge >= 0.3 is 0 Å². The second-order valence-corrected chi connectivity index (χ2v) is 6.81. The van der Waals surface area contributed by atoms with Gasteiger partial charge in [-0.15, -0.1) is 0 Å². The highest BCUT2D eigenvalue weighted by atomic mass is 16.6. The first-order valence-corrected chi connectivity index (χ1v) is 10.3. The Bertz CT molecular complexity index is 1140. The summed E-state index contributed by atoms with van der Waals surface area (Å²) in [6, 6.07) is 16.9. The molecule has 170 valence electrons. The number of ether oxygens (including phenoxy) is 2. The van der Waals surface area contributed by atoms with E-state index in [2.05, 4.69) is 10.6 Å². The van der Waals surface area contributed by atoms with Gasteiger partial charge in [-0.1, -0.05) is 0 Å². The molecule has 0 aromatic heterocycles. The van der Waals surface area contributed by atoms with Crippen LogP contribution < -0.4 is 20.1 Å². The van der Waals surface area contributed by atoms with Crippen LogP contribution >= 0.6 is 0 Å². The lowest BCUT2D eigenvalue weighted by molar-refractivity contribution is -0.383. The first-order valence-electron chi connectivity index (χ1n) is 10.3. The largest absolute Gasteiger partial charge is 0.494 e. The first kappa shape index (κ1) is 23.3. The van der Waals surface area contributed by atoms with Gasteiger partial charge in [0.1, 0.15) is 17.2 Å². The predicted molar refractivity (Wildman–Crippen MR) is 124 cm³/mol. The Hall–Kier alpha value is -4.40. The van der Waals surface area contributed by atoms with Gasteiger partial charge in [0.2, 0.25) is 0 Å². The van der Waals surface area contributed by atoms with Crippen molar-refractivity contribution in [1.82, 2.24) is 0 Å². The molecule has 2 amide bonds. The minimum atomic E-state index is -0.605. The van der Waals surface area contributed by atoms with Gasteiger partial charge in [0.05, 0.1) is 18.1 Å². The Morgan fingerprint density at radius 1 is 0.788 bits per heavy atom. The summed E-state index contributed by atoms with van der Waals surface area (Å²) in [5.74, 6) is 0.314. The molecule has 0 fully saturated rings. The molecular weight excluding hydrogens is 426 g/mol. The lowest BCUT2D eigenvalue weighted by atomic mass is 10.1. The van der Waals surface area contributed by atoms with Crippen LogP contribution in [0.3, 0.4) is 0 Å². The highest BCUT2D eigenvalue weighted by Crippen LogP contribution is 2.29. The highest BCUT2D eigenvalue weighted by molar-refractivity contribution is 6.07. The zero-order valence-electron chi connectivity index (χ0n) is 18.2. The van der Waals surface area contributed by atoms with Crippen LogP contribution in [0.4, 0.5) is 17.1 Å². The summed E-state index contributed by atoms with van der Waals surface area (Å²) in [7, 11) is 0. The predicted octanol–water partition coefficient (Wildman–Crippen LogP) is 4.90. The van der Waals surface area contributed by atoms with Crippen LogP contribution in [0, 0.1) is 10.1 Å². The lowest BCUT2D eigenvalue weighted by Gasteiger charge is -2.11. The monoisotopic (exact) mass is 449 g/mol. The third-order valence-electron chi connectivity index (χ3n) is 4.55. The number of hydrogen-bond acceptors (Lipinski definition) is 6. The maximum absolute atomic E-state index is 12.6. The van der Waals surface area contributed by atoms with Crippen molar-refractivity contribution in [1.29, 1.82) is 0 Å². The van der Waals surface area contributed by atoms with Crippen molar-refractivity contribution in [2.24, 2.45) is 0 Å². The van der Waals surface area contributed by atoms with E-state index in [1.807, 2.05) is 13.8 Å². The number of benzene rings is 3. The van der Waals surface area contributed by atoms with E-state index in [-0.39, 0.29) is 11.4 Å². The molecule has 0 bridgehead atoms. The van der Waals surface area contributed by atoms with Gasteiger partial charge in [-0.25, -0.2) is 0 Å². The number of rotatable bonds is 9. The number of nitrogens with zero attached hydrogens (tertiary/aromatic N) is 1. The minimum Gasteiger partial charge on any atom is -0.494 e. The number of nitrogens with one attached hydrogen (secondary N) is 2. The number of amides is 2. The summed E-state index contributed by atoms with van der Waals surface area (Å²) in [6.07, 6.45) is 0. The molecule has 0 heterocycles. The fourth-order valence-corrected chi connectivity index (χ4v) is 3.01. The van der Waals surface area contributed by atoms with Crippen molar-refractivity contribution in [2.75, 3.05) is 23.8 Å². The summed E-state index contributed by atoms with van der Waals surface area (Å²) in [5.41, 5.74) is 0.645. The third-order valence-corrected chi connectivity index (χ3v) is 4.55. The maximum atomic E-state index is 12.6. The minimum absolute atomic E-state index is 0.0385. The molecule has 0 unspecified atom stereocenters. The van der Waals surface area contributed by atoms with E-state index in [0.717, 1.165) is 0 Å². The van der Waals surface area contributed by atoms with Crippen molar-refractivity contribution in [3.05, 3.63) is 88.0 Å². The highest BCUT2D eigenvalue weighted by Gasteiger charge is 2.18. The van der Waals surface area contributed by atoms with E-state index in [0.29, 0.717) is 41.5 Å². The quantitative estimate of drug-likeness (QED) is 0.354. The van der Waals surface area contributed by atoms with Crippen LogP contribution in [0.2, 0.25) is 0 Å². The Labute approximate surface area is 190 Å². The Morgan fingerprint density at radius 3 is 1.73 bits per heavy atom. The normalized spacial score (nSPS) is 10.2. The van der Waals surface area contributed by atoms with Crippen LogP contribution in [0.1, 0.15) is 34.6 Å². The summed E-state index contributed by atoms with van der Waals surface area (Å²) in [5, 5.41) is 16.7. The van der Waals surface area contributed by atoms with Gasteiger partial charge in [-0.3, -0.25) is 19.7 Å². The fourth-order valence-electron chi connectivity index (χ4n) is 3.01. The van der Waals surface area contributed by atoms with Gasteiger partial charge in [0.25, 0.3) is 17.5 Å². The van der Waals surface area contributed by atoms with Gasteiger partial charge in [-0.05, 0) is 74.5 Å². The zero-order chi connectivity index (χ0) is 23.8. The summed E-state index contributed by atoms with van der Waals surface area (Å²) in [6.45, 7) is 4.72. The Balaban J connectivity index is 1.78. The van der Waals surface area contributed by atoms with E-state index in [1.54, 1.807) is 48.5 Å². The van der Waals surface area contributed by atoms with Crippen LogP contribution in [0.5, 0.6) is 11.5 Å². The van der Waals surface area contributed by atoms with Gasteiger partial charge in [0, 0.05) is 22.9 Å². The van der Waals surface area contributed by atoms with Crippen LogP contribution in [-0.2, 0) is 0 Å². The number of anilines is 2. The van der Waals surface area contributed by atoms with Gasteiger partial charge < -0.3 is 20.1 Å². The molecule has 0 aliphatic heterocycles. The van der Waals surface area contributed by atoms with Gasteiger partial charge in [0.15, 0.2) is 0 Å². The van der Waals surface area contributed by atoms with Crippen LogP contribution in [0.25, 0.3) is 0 Å². The topological polar surface area (TPSA) is 120 Å². The number of carbonyl (C=O) groups is 2. The number of carbonyl (C=O) groups excluding carboxylic acids is 2. The molecule has 2 N–H and O–H groups in total. The van der Waals surface area contributed by atoms with Crippen LogP contribution in [-0.4, -0.2) is 30.0 Å². The second kappa shape index (κ2) is 10.8. The molecule has 0 atom stereocenters. The molecular formula is C24H23N3O6. The SMILES string of the molecule is CCOc1ccc(C(=O)Nc2ccc([N+](=O)[O-])c(NC(=O)c3ccc(OCC)cc3)c2)cc1. The average Bonchev–Trinajstić information content (AvgIpc) is 2.80. The summed E-state index contributed by atoms with van der Waals surface area (Å²) in [4.78, 5) is 36.0. The summed E-state index contributed by atoms with van der Waals surface area (Å²) < 4.78 is 10.7. The Kier molecular flexibility index (Phi) is 7.59. The summed E-state index contributed by atoms with van der Waals surface area (Å²) >= 11 is 0. The Morgan fingerprint density at radius 2 is 1.27 bits per heavy atom. The van der Waals surface area contributed by atoms with Crippen molar-refractivity contribution < 1.29 is 24.0 Å². The standard InChI is InChI=1S/C24H23N3O6/c1-3-32-19-10-5-16(6-11-19)23(28)25-18-9-14-22(27(30)31)21(15-18)26-24(29)17-7-12-20(13-8-17)33-4-2/h5-15H,3-4H2,1-2H3,(H,25,28)(H,26,29). The molecule has 0 spiro atoms. The molecule has 0 saturated heterocycles. The van der Waals surface area contributed by atoms with E-state index < -0.39 is 16.7 Å². The average molecular weight is 449 g/mol. The molecule has 0 aliphatic rings. The van der Waals surface area contributed by atoms with Gasteiger partial charge in [-0.2, -0.15) is 0 Å². The van der Waals surface area contributed by atoms with Crippen molar-refractivity contribution in [3.63, 3.8) is 0 Å². The molecule has 3 aromatic rings. The zero-order valence-corrected chi connectivity index (χ0v) is 18.2. The number of hydrogen-bond donors (Lipinski definition) is 2. The molecule has 0 aliphatic carbocycles. The molecule has 0 radical (unpaired) electrons. The maximum Gasteiger partial charge on any atom is 0.292 e. The van der Waals surface area contributed by atoms with E-state index >= 15 is 0 Å². The fraction of sp³-hybridized carbons (Fsp3) is 0.167. The van der Waals surface area contributed by atoms with Crippen molar-refractivity contribution in [2.45, 2.75) is 13.8 Å². The lowest BCUT2D eigenvalue weighted by Crippen LogP contribution is -2.15. The van der Waals surface area contributed by atoms with Crippen LogP contribution in [0.15, 0.2) is 66.7 Å². The molecule has 9 heteroatoms. The first-order chi connectivity index (χ1) is 15.9. The van der Waals surface area contributed by atoms with Crippen molar-refractivity contribution >= 4 is 28.9 Å². The van der Waals surface area contributed by atoms with Crippen molar-refractivity contribution in [3.8, 4) is 11.5 Å². The molecule has 3 rings (SSSR count). The molecule has 3 aromatic carbocycles. The number of nitro benzene ring substituents is 1. The third kappa shape index (κ3) is 6.07.